The maximum atomic E-state index is 12.9. The highest BCUT2D eigenvalue weighted by Crippen LogP contribution is 2.43. The largest absolute Gasteiger partial charge is 0.480 e. The van der Waals surface area contributed by atoms with Crippen LogP contribution in [0.4, 0.5) is 13.2 Å². The Kier molecular flexibility index (Phi) is 4.68. The predicted octanol–water partition coefficient (Wildman–Crippen LogP) is 3.11. The average molecular weight is 329 g/mol. The summed E-state index contributed by atoms with van der Waals surface area (Å²) in [5, 5.41) is 11.3. The van der Waals surface area contributed by atoms with Gasteiger partial charge < -0.3 is 10.4 Å². The number of halogens is 3. The van der Waals surface area contributed by atoms with E-state index in [-0.39, 0.29) is 0 Å². The molecule has 0 heterocycles. The second-order valence-corrected chi connectivity index (χ2v) is 5.90. The first kappa shape index (κ1) is 17.3. The molecule has 1 saturated carbocycles. The van der Waals surface area contributed by atoms with Gasteiger partial charge in [0, 0.05) is 0 Å². The molecular weight excluding hydrogens is 311 g/mol. The Morgan fingerprint density at radius 2 is 1.87 bits per heavy atom. The molecular formula is C16H18F3NO3. The van der Waals surface area contributed by atoms with E-state index < -0.39 is 35.1 Å². The van der Waals surface area contributed by atoms with Crippen molar-refractivity contribution in [3.05, 3.63) is 35.4 Å². The number of hydrogen-bond acceptors (Lipinski definition) is 2. The third kappa shape index (κ3) is 3.48. The van der Waals surface area contributed by atoms with Gasteiger partial charge >= 0.3 is 12.1 Å². The van der Waals surface area contributed by atoms with E-state index in [9.17, 15) is 22.8 Å². The number of nitrogens with one attached hydrogen (secondary N) is 1. The van der Waals surface area contributed by atoms with E-state index >= 15 is 0 Å². The van der Waals surface area contributed by atoms with Gasteiger partial charge in [0.1, 0.15) is 6.04 Å². The van der Waals surface area contributed by atoms with Crippen LogP contribution in [0.2, 0.25) is 0 Å². The Labute approximate surface area is 131 Å². The van der Waals surface area contributed by atoms with Crippen molar-refractivity contribution in [3.63, 3.8) is 0 Å². The minimum absolute atomic E-state index is 0.292. The summed E-state index contributed by atoms with van der Waals surface area (Å²) in [6.07, 6.45) is -2.24. The fraction of sp³-hybridized carbons (Fsp3) is 0.500. The summed E-state index contributed by atoms with van der Waals surface area (Å²) in [6.45, 7) is 1.33. The van der Waals surface area contributed by atoms with Crippen molar-refractivity contribution >= 4 is 11.9 Å². The van der Waals surface area contributed by atoms with Crippen LogP contribution in [0.15, 0.2) is 24.3 Å². The molecule has 23 heavy (non-hydrogen) atoms. The lowest BCUT2D eigenvalue weighted by atomic mass is 9.77. The van der Waals surface area contributed by atoms with Crippen LogP contribution in [-0.2, 0) is 21.2 Å². The summed E-state index contributed by atoms with van der Waals surface area (Å²) < 4.78 is 38.8. The molecule has 0 aromatic heterocycles. The number of benzene rings is 1. The molecule has 1 amide bonds. The zero-order valence-corrected chi connectivity index (χ0v) is 12.6. The smallest absolute Gasteiger partial charge is 0.416 e. The molecule has 1 aromatic rings. The van der Waals surface area contributed by atoms with Crippen molar-refractivity contribution in [1.82, 2.24) is 5.32 Å². The van der Waals surface area contributed by atoms with E-state index in [1.54, 1.807) is 0 Å². The molecule has 1 fully saturated rings. The monoisotopic (exact) mass is 329 g/mol. The highest BCUT2D eigenvalue weighted by atomic mass is 19.4. The normalized spacial score (nSPS) is 18.4. The van der Waals surface area contributed by atoms with Crippen molar-refractivity contribution in [3.8, 4) is 0 Å². The van der Waals surface area contributed by atoms with Crippen LogP contribution in [0.5, 0.6) is 0 Å². The number of hydrogen-bond donors (Lipinski definition) is 2. The summed E-state index contributed by atoms with van der Waals surface area (Å²) in [7, 11) is 0. The zero-order chi connectivity index (χ0) is 17.3. The molecule has 0 radical (unpaired) electrons. The van der Waals surface area contributed by atoms with Crippen LogP contribution < -0.4 is 5.32 Å². The molecule has 2 N–H and O–H groups in total. The third-order valence-corrected chi connectivity index (χ3v) is 4.35. The summed E-state index contributed by atoms with van der Waals surface area (Å²) in [4.78, 5) is 23.5. The molecule has 1 atom stereocenters. The Hall–Kier alpha value is -2.05. The van der Waals surface area contributed by atoms with Gasteiger partial charge in [-0.15, -0.1) is 0 Å². The van der Waals surface area contributed by atoms with Crippen molar-refractivity contribution in [2.75, 3.05) is 0 Å². The predicted molar refractivity (Wildman–Crippen MR) is 76.8 cm³/mol. The van der Waals surface area contributed by atoms with Gasteiger partial charge in [-0.05, 0) is 31.4 Å². The van der Waals surface area contributed by atoms with E-state index in [0.717, 1.165) is 12.1 Å². The molecule has 0 spiro atoms. The van der Waals surface area contributed by atoms with Crippen LogP contribution in [0, 0.1) is 0 Å². The fourth-order valence-electron chi connectivity index (χ4n) is 3.02. The van der Waals surface area contributed by atoms with E-state index in [0.29, 0.717) is 31.2 Å². The molecule has 1 aliphatic rings. The minimum atomic E-state index is -4.49. The third-order valence-electron chi connectivity index (χ3n) is 4.35. The number of carboxylic acid groups (broad SMARTS) is 1. The van der Waals surface area contributed by atoms with Gasteiger partial charge in [0.25, 0.3) is 0 Å². The SMILES string of the molecule is CC(NC(=O)C1(c2cccc(C(F)(F)F)c2)CCCC1)C(=O)O. The Balaban J connectivity index is 2.38. The van der Waals surface area contributed by atoms with Gasteiger partial charge in [-0.2, -0.15) is 13.2 Å². The van der Waals surface area contributed by atoms with E-state index in [1.807, 2.05) is 0 Å². The zero-order valence-electron chi connectivity index (χ0n) is 12.6. The Morgan fingerprint density at radius 1 is 1.26 bits per heavy atom. The van der Waals surface area contributed by atoms with Crippen LogP contribution in [0.1, 0.15) is 43.7 Å². The number of carbonyl (C=O) groups is 2. The fourth-order valence-corrected chi connectivity index (χ4v) is 3.02. The molecule has 0 bridgehead atoms. The van der Waals surface area contributed by atoms with Gasteiger partial charge in [0.05, 0.1) is 11.0 Å². The second kappa shape index (κ2) is 6.22. The highest BCUT2D eigenvalue weighted by Gasteiger charge is 2.44. The Bertz CT molecular complexity index is 607. The molecule has 4 nitrogen and oxygen atoms in total. The minimum Gasteiger partial charge on any atom is -0.480 e. The number of aliphatic carboxylic acids is 1. The summed E-state index contributed by atoms with van der Waals surface area (Å²) in [5.74, 6) is -1.71. The first-order chi connectivity index (χ1) is 10.7. The van der Waals surface area contributed by atoms with Crippen LogP contribution >= 0.6 is 0 Å². The number of carboxylic acids is 1. The van der Waals surface area contributed by atoms with E-state index in [2.05, 4.69) is 5.32 Å². The van der Waals surface area contributed by atoms with E-state index in [1.165, 1.54) is 19.1 Å². The standard InChI is InChI=1S/C16H18F3NO3/c1-10(13(21)22)20-14(23)15(7-2-3-8-15)11-5-4-6-12(9-11)16(17,18)19/h4-6,9-10H,2-3,7-8H2,1H3,(H,20,23)(H,21,22). The molecule has 7 heteroatoms. The van der Waals surface area contributed by atoms with Gasteiger partial charge in [-0.3, -0.25) is 9.59 Å². The quantitative estimate of drug-likeness (QED) is 0.892. The lowest BCUT2D eigenvalue weighted by molar-refractivity contribution is -0.142. The second-order valence-electron chi connectivity index (χ2n) is 5.90. The van der Waals surface area contributed by atoms with Gasteiger partial charge in [0.2, 0.25) is 5.91 Å². The molecule has 126 valence electrons. The van der Waals surface area contributed by atoms with Crippen LogP contribution in [-0.4, -0.2) is 23.0 Å². The lowest BCUT2D eigenvalue weighted by Gasteiger charge is -2.30. The summed E-state index contributed by atoms with van der Waals surface area (Å²) >= 11 is 0. The van der Waals surface area contributed by atoms with Crippen molar-refractivity contribution in [2.45, 2.75) is 50.2 Å². The number of rotatable bonds is 4. The summed E-state index contributed by atoms with van der Waals surface area (Å²) in [5.41, 5.74) is -1.61. The van der Waals surface area contributed by atoms with Crippen molar-refractivity contribution < 1.29 is 27.9 Å². The van der Waals surface area contributed by atoms with Crippen LogP contribution in [0.3, 0.4) is 0 Å². The number of amides is 1. The lowest BCUT2D eigenvalue weighted by Crippen LogP contribution is -2.48. The highest BCUT2D eigenvalue weighted by molar-refractivity contribution is 5.91. The molecule has 0 aliphatic heterocycles. The molecule has 1 aromatic carbocycles. The maximum absolute atomic E-state index is 12.9. The summed E-state index contributed by atoms with van der Waals surface area (Å²) in [6, 6.07) is 3.66. The van der Waals surface area contributed by atoms with Crippen molar-refractivity contribution in [2.24, 2.45) is 0 Å². The van der Waals surface area contributed by atoms with Crippen LogP contribution in [0.25, 0.3) is 0 Å². The number of carbonyl (C=O) groups excluding carboxylic acids is 1. The van der Waals surface area contributed by atoms with Gasteiger partial charge in [-0.1, -0.05) is 31.0 Å². The first-order valence-electron chi connectivity index (χ1n) is 7.38. The topological polar surface area (TPSA) is 66.4 Å². The molecule has 1 unspecified atom stereocenters. The van der Waals surface area contributed by atoms with E-state index in [4.69, 9.17) is 5.11 Å². The maximum Gasteiger partial charge on any atom is 0.416 e. The number of alkyl halides is 3. The van der Waals surface area contributed by atoms with Gasteiger partial charge in [0.15, 0.2) is 0 Å². The Morgan fingerprint density at radius 3 is 2.39 bits per heavy atom. The molecule has 0 saturated heterocycles. The van der Waals surface area contributed by atoms with Crippen molar-refractivity contribution in [1.29, 1.82) is 0 Å². The molecule has 2 rings (SSSR count). The average Bonchev–Trinajstić information content (AvgIpc) is 2.97. The first-order valence-corrected chi connectivity index (χ1v) is 7.38. The van der Waals surface area contributed by atoms with Gasteiger partial charge in [-0.25, -0.2) is 0 Å². The molecule has 1 aliphatic carbocycles.